The number of hydrogen-bond acceptors (Lipinski definition) is 5. The van der Waals surface area contributed by atoms with Gasteiger partial charge in [-0.25, -0.2) is 17.9 Å². The second-order valence-electron chi connectivity index (χ2n) is 2.40. The first-order valence-electron chi connectivity index (χ1n) is 3.46. The molecule has 0 saturated heterocycles. The highest BCUT2D eigenvalue weighted by molar-refractivity contribution is 7.92. The van der Waals surface area contributed by atoms with Gasteiger partial charge in [0.1, 0.15) is 4.21 Å². The normalized spacial score (nSPS) is 11.2. The smallest absolute Gasteiger partial charge is 0.326 e. The fourth-order valence-electron chi connectivity index (χ4n) is 0.760. The van der Waals surface area contributed by atoms with E-state index in [1.54, 1.807) is 4.72 Å². The number of urea groups is 1. The molecule has 6 nitrogen and oxygen atoms in total. The van der Waals surface area contributed by atoms with Crippen LogP contribution in [0.3, 0.4) is 0 Å². The maximum Gasteiger partial charge on any atom is 0.326 e. The fourth-order valence-corrected chi connectivity index (χ4v) is 2.84. The number of hydrogen-bond donors (Lipinski definition) is 3. The minimum atomic E-state index is -3.87. The molecule has 0 bridgehead atoms. The number of rotatable bonds is 3. The Morgan fingerprint density at radius 3 is 2.71 bits per heavy atom. The fraction of sp³-hybridized carbons (Fsp3) is 0.167. The number of amides is 2. The molecule has 1 aromatic rings. The number of aliphatic hydroxyl groups is 1. The van der Waals surface area contributed by atoms with Gasteiger partial charge in [0.2, 0.25) is 0 Å². The second-order valence-corrected chi connectivity index (χ2v) is 5.22. The van der Waals surface area contributed by atoms with Crippen LogP contribution < -0.4 is 10.5 Å². The van der Waals surface area contributed by atoms with Crippen molar-refractivity contribution in [3.63, 3.8) is 0 Å². The van der Waals surface area contributed by atoms with Gasteiger partial charge in [0.15, 0.2) is 0 Å². The molecule has 8 heteroatoms. The molecule has 0 fully saturated rings. The quantitative estimate of drug-likeness (QED) is 0.663. The Labute approximate surface area is 84.4 Å². The number of thiophene rings is 1. The van der Waals surface area contributed by atoms with Crippen LogP contribution in [-0.2, 0) is 16.6 Å². The van der Waals surface area contributed by atoms with Crippen molar-refractivity contribution >= 4 is 27.4 Å². The Morgan fingerprint density at radius 1 is 1.64 bits per heavy atom. The predicted molar refractivity (Wildman–Crippen MR) is 50.1 cm³/mol. The van der Waals surface area contributed by atoms with Crippen LogP contribution in [-0.4, -0.2) is 19.6 Å². The van der Waals surface area contributed by atoms with Crippen LogP contribution in [0.2, 0.25) is 0 Å². The van der Waals surface area contributed by atoms with E-state index in [1.807, 2.05) is 0 Å². The van der Waals surface area contributed by atoms with Crippen LogP contribution in [0.4, 0.5) is 4.79 Å². The van der Waals surface area contributed by atoms with Crippen LogP contribution >= 0.6 is 11.3 Å². The molecule has 2 amide bonds. The van der Waals surface area contributed by atoms with Crippen molar-refractivity contribution in [1.82, 2.24) is 4.72 Å². The van der Waals surface area contributed by atoms with Crippen molar-refractivity contribution in [2.24, 2.45) is 5.73 Å². The maximum atomic E-state index is 11.3. The van der Waals surface area contributed by atoms with Crippen molar-refractivity contribution in [1.29, 1.82) is 0 Å². The van der Waals surface area contributed by atoms with E-state index >= 15 is 0 Å². The first kappa shape index (κ1) is 11.0. The highest BCUT2D eigenvalue weighted by atomic mass is 32.2. The molecule has 0 radical (unpaired) electrons. The zero-order valence-electron chi connectivity index (χ0n) is 6.93. The third kappa shape index (κ3) is 2.44. The molecule has 1 heterocycles. The monoisotopic (exact) mass is 236 g/mol. The van der Waals surface area contributed by atoms with Gasteiger partial charge < -0.3 is 10.8 Å². The van der Waals surface area contributed by atoms with E-state index in [0.29, 0.717) is 5.56 Å². The van der Waals surface area contributed by atoms with Crippen molar-refractivity contribution in [2.75, 3.05) is 0 Å². The van der Waals surface area contributed by atoms with Gasteiger partial charge in [-0.05, 0) is 17.0 Å². The molecular weight excluding hydrogens is 228 g/mol. The number of sulfonamides is 1. The average Bonchev–Trinajstić information content (AvgIpc) is 2.49. The Balaban J connectivity index is 2.98. The zero-order valence-corrected chi connectivity index (χ0v) is 8.56. The van der Waals surface area contributed by atoms with E-state index < -0.39 is 16.1 Å². The Morgan fingerprint density at radius 2 is 2.29 bits per heavy atom. The van der Waals surface area contributed by atoms with E-state index in [4.69, 9.17) is 5.11 Å². The van der Waals surface area contributed by atoms with Crippen molar-refractivity contribution in [3.05, 3.63) is 17.0 Å². The van der Waals surface area contributed by atoms with E-state index in [-0.39, 0.29) is 10.8 Å². The summed E-state index contributed by atoms with van der Waals surface area (Å²) in [5.41, 5.74) is 5.15. The largest absolute Gasteiger partial charge is 0.392 e. The minimum absolute atomic E-state index is 0.0552. The van der Waals surface area contributed by atoms with Gasteiger partial charge in [0, 0.05) is 0 Å². The summed E-state index contributed by atoms with van der Waals surface area (Å²) in [5, 5.41) is 10.2. The number of carbonyl (C=O) groups excluding carboxylic acids is 1. The van der Waals surface area contributed by atoms with Gasteiger partial charge in [-0.3, -0.25) is 0 Å². The number of primary amides is 1. The number of nitrogens with two attached hydrogens (primary N) is 1. The topological polar surface area (TPSA) is 109 Å². The van der Waals surface area contributed by atoms with Gasteiger partial charge in [-0.1, -0.05) is 0 Å². The van der Waals surface area contributed by atoms with Crippen LogP contribution in [0, 0.1) is 0 Å². The molecule has 0 unspecified atom stereocenters. The van der Waals surface area contributed by atoms with Crippen molar-refractivity contribution < 1.29 is 18.3 Å². The summed E-state index contributed by atoms with van der Waals surface area (Å²) in [6.07, 6.45) is 0. The van der Waals surface area contributed by atoms with Gasteiger partial charge >= 0.3 is 6.03 Å². The molecule has 14 heavy (non-hydrogen) atoms. The molecule has 4 N–H and O–H groups in total. The molecule has 0 saturated carbocycles. The maximum absolute atomic E-state index is 11.3. The summed E-state index contributed by atoms with van der Waals surface area (Å²) in [6, 6.07) is 0.139. The Bertz CT molecular complexity index is 436. The van der Waals surface area contributed by atoms with Gasteiger partial charge in [-0.2, -0.15) is 0 Å². The molecule has 1 rings (SSSR count). The van der Waals surface area contributed by atoms with Crippen molar-refractivity contribution in [3.8, 4) is 0 Å². The Hall–Kier alpha value is -1.12. The average molecular weight is 236 g/mol. The van der Waals surface area contributed by atoms with Crippen LogP contribution in [0.25, 0.3) is 0 Å². The molecular formula is C6H8N2O4S2. The first-order chi connectivity index (χ1) is 6.45. The van der Waals surface area contributed by atoms with Crippen LogP contribution in [0.5, 0.6) is 0 Å². The van der Waals surface area contributed by atoms with E-state index in [9.17, 15) is 13.2 Å². The highest BCUT2D eigenvalue weighted by Crippen LogP contribution is 2.19. The summed E-state index contributed by atoms with van der Waals surface area (Å²) in [4.78, 5) is 10.4. The third-order valence-electron chi connectivity index (χ3n) is 1.31. The predicted octanol–water partition coefficient (Wildman–Crippen LogP) is -0.403. The lowest BCUT2D eigenvalue weighted by molar-refractivity contribution is 0.253. The van der Waals surface area contributed by atoms with E-state index in [0.717, 1.165) is 11.3 Å². The molecule has 1 aromatic heterocycles. The summed E-state index contributed by atoms with van der Waals surface area (Å²) in [6.45, 7) is -0.247. The molecule has 0 aliphatic rings. The summed E-state index contributed by atoms with van der Waals surface area (Å²) < 4.78 is 24.1. The van der Waals surface area contributed by atoms with E-state index in [2.05, 4.69) is 5.73 Å². The summed E-state index contributed by atoms with van der Waals surface area (Å²) >= 11 is 0.905. The van der Waals surface area contributed by atoms with Gasteiger partial charge in [-0.15, -0.1) is 11.3 Å². The van der Waals surface area contributed by atoms with Gasteiger partial charge in [0.25, 0.3) is 10.0 Å². The molecule has 0 aliphatic carbocycles. The zero-order chi connectivity index (χ0) is 10.8. The molecule has 0 spiro atoms. The lowest BCUT2D eigenvalue weighted by Gasteiger charge is -1.99. The second kappa shape index (κ2) is 3.95. The molecule has 78 valence electrons. The minimum Gasteiger partial charge on any atom is -0.392 e. The van der Waals surface area contributed by atoms with Crippen molar-refractivity contribution in [2.45, 2.75) is 10.8 Å². The SMILES string of the molecule is NC(=O)NS(=O)(=O)c1cc(CO)cs1. The standard InChI is InChI=1S/C6H8N2O4S2/c7-6(10)8-14(11,12)5-1-4(2-9)3-13-5/h1,3,9H,2H2,(H3,7,8,10). The van der Waals surface area contributed by atoms with E-state index in [1.165, 1.54) is 11.4 Å². The van der Waals surface area contributed by atoms with Crippen LogP contribution in [0.1, 0.15) is 5.56 Å². The number of aliphatic hydroxyl groups excluding tert-OH is 1. The molecule has 0 atom stereocenters. The third-order valence-corrected chi connectivity index (χ3v) is 4.15. The number of carbonyl (C=O) groups is 1. The van der Waals surface area contributed by atoms with Gasteiger partial charge in [0.05, 0.1) is 6.61 Å². The summed E-state index contributed by atoms with van der Waals surface area (Å²) in [5.74, 6) is 0. The lowest BCUT2D eigenvalue weighted by Crippen LogP contribution is -2.34. The lowest BCUT2D eigenvalue weighted by atomic mass is 10.4. The number of nitrogens with one attached hydrogen (secondary N) is 1. The molecule has 0 aromatic carbocycles. The first-order valence-corrected chi connectivity index (χ1v) is 5.82. The molecule has 0 aliphatic heterocycles. The summed E-state index contributed by atoms with van der Waals surface area (Å²) in [7, 11) is -3.87. The van der Waals surface area contributed by atoms with Crippen LogP contribution in [0.15, 0.2) is 15.7 Å². The Kier molecular flexibility index (Phi) is 3.09. The highest BCUT2D eigenvalue weighted by Gasteiger charge is 2.17.